The summed E-state index contributed by atoms with van der Waals surface area (Å²) in [5.74, 6) is -3.08. The van der Waals surface area contributed by atoms with Gasteiger partial charge in [-0.05, 0) is 46.3 Å². The molecule has 0 spiro atoms. The first kappa shape index (κ1) is 15.0. The minimum atomic E-state index is -1.21. The number of carbonyl (C=O) groups excluding carboxylic acids is 1. The molecule has 108 valence electrons. The van der Waals surface area contributed by atoms with Crippen molar-refractivity contribution >= 4 is 33.5 Å². The van der Waals surface area contributed by atoms with Crippen molar-refractivity contribution in [3.05, 3.63) is 57.8 Å². The minimum Gasteiger partial charge on any atom is -0.506 e. The van der Waals surface area contributed by atoms with E-state index in [4.69, 9.17) is 5.11 Å². The maximum absolute atomic E-state index is 13.7. The molecule has 0 bridgehead atoms. The lowest BCUT2D eigenvalue weighted by atomic mass is 10.1. The van der Waals surface area contributed by atoms with Crippen LogP contribution in [0.5, 0.6) is 5.75 Å². The Morgan fingerprint density at radius 1 is 1.19 bits per heavy atom. The highest BCUT2D eigenvalue weighted by atomic mass is 79.9. The number of phenols is 1. The fourth-order valence-electron chi connectivity index (χ4n) is 1.67. The van der Waals surface area contributed by atoms with Crippen LogP contribution in [0.15, 0.2) is 40.9 Å². The summed E-state index contributed by atoms with van der Waals surface area (Å²) < 4.78 is 13.9. The van der Waals surface area contributed by atoms with E-state index in [1.165, 1.54) is 18.2 Å². The molecule has 0 saturated carbocycles. The quantitative estimate of drug-likeness (QED) is 0.739. The van der Waals surface area contributed by atoms with E-state index >= 15 is 0 Å². The van der Waals surface area contributed by atoms with Gasteiger partial charge in [0.25, 0.3) is 5.91 Å². The lowest BCUT2D eigenvalue weighted by Gasteiger charge is -2.10. The van der Waals surface area contributed by atoms with Gasteiger partial charge in [0, 0.05) is 4.47 Å². The van der Waals surface area contributed by atoms with Gasteiger partial charge in [0.2, 0.25) is 0 Å². The van der Waals surface area contributed by atoms with Crippen molar-refractivity contribution in [2.75, 3.05) is 5.32 Å². The molecule has 0 saturated heterocycles. The summed E-state index contributed by atoms with van der Waals surface area (Å²) in [4.78, 5) is 22.9. The van der Waals surface area contributed by atoms with Crippen molar-refractivity contribution < 1.29 is 24.2 Å². The molecule has 2 rings (SSSR count). The predicted octanol–water partition coefficient (Wildman–Crippen LogP) is 3.24. The predicted molar refractivity (Wildman–Crippen MR) is 77.1 cm³/mol. The van der Waals surface area contributed by atoms with Gasteiger partial charge in [0.05, 0.1) is 16.8 Å². The first-order valence-corrected chi connectivity index (χ1v) is 6.51. The number of anilines is 1. The fourth-order valence-corrected chi connectivity index (χ4v) is 2.19. The monoisotopic (exact) mass is 353 g/mol. The summed E-state index contributed by atoms with van der Waals surface area (Å²) in [6, 6.07) is 7.45. The molecule has 0 aliphatic carbocycles. The van der Waals surface area contributed by atoms with Gasteiger partial charge in [0.1, 0.15) is 11.6 Å². The van der Waals surface area contributed by atoms with Crippen molar-refractivity contribution in [1.29, 1.82) is 0 Å². The van der Waals surface area contributed by atoms with Crippen LogP contribution in [0.3, 0.4) is 0 Å². The van der Waals surface area contributed by atoms with E-state index in [0.717, 1.165) is 18.2 Å². The molecule has 3 N–H and O–H groups in total. The van der Waals surface area contributed by atoms with Gasteiger partial charge in [-0.15, -0.1) is 0 Å². The summed E-state index contributed by atoms with van der Waals surface area (Å²) in [5.41, 5.74) is -0.469. The molecule has 0 aliphatic rings. The molecular weight excluding hydrogens is 345 g/mol. The van der Waals surface area contributed by atoms with Crippen LogP contribution in [0.1, 0.15) is 20.7 Å². The Balaban J connectivity index is 2.36. The number of carbonyl (C=O) groups is 2. The highest BCUT2D eigenvalue weighted by Gasteiger charge is 2.17. The van der Waals surface area contributed by atoms with Crippen molar-refractivity contribution in [3.8, 4) is 5.75 Å². The topological polar surface area (TPSA) is 86.6 Å². The van der Waals surface area contributed by atoms with Crippen LogP contribution in [-0.2, 0) is 0 Å². The second-order valence-electron chi connectivity index (χ2n) is 4.09. The van der Waals surface area contributed by atoms with E-state index in [2.05, 4.69) is 21.2 Å². The Hall–Kier alpha value is -2.41. The number of hydrogen-bond donors (Lipinski definition) is 3. The third kappa shape index (κ3) is 3.19. The minimum absolute atomic E-state index is 0.115. The molecule has 0 aliphatic heterocycles. The van der Waals surface area contributed by atoms with E-state index in [1.54, 1.807) is 0 Å². The van der Waals surface area contributed by atoms with E-state index < -0.39 is 17.7 Å². The molecule has 0 heterocycles. The number of carboxylic acid groups (broad SMARTS) is 1. The first-order chi connectivity index (χ1) is 9.90. The SMILES string of the molecule is O=C(O)c1ccc(O)c(NC(=O)c2c(F)cccc2Br)c1. The zero-order valence-corrected chi connectivity index (χ0v) is 12.0. The molecule has 0 atom stereocenters. The molecule has 0 fully saturated rings. The largest absolute Gasteiger partial charge is 0.506 e. The van der Waals surface area contributed by atoms with Crippen LogP contribution in [-0.4, -0.2) is 22.1 Å². The van der Waals surface area contributed by atoms with Crippen LogP contribution >= 0.6 is 15.9 Å². The van der Waals surface area contributed by atoms with E-state index in [0.29, 0.717) is 0 Å². The van der Waals surface area contributed by atoms with E-state index in [9.17, 15) is 19.1 Å². The molecule has 7 heteroatoms. The van der Waals surface area contributed by atoms with Crippen LogP contribution in [0.4, 0.5) is 10.1 Å². The van der Waals surface area contributed by atoms with E-state index in [1.807, 2.05) is 0 Å². The maximum atomic E-state index is 13.7. The van der Waals surface area contributed by atoms with Crippen molar-refractivity contribution in [2.45, 2.75) is 0 Å². The van der Waals surface area contributed by atoms with Crippen molar-refractivity contribution in [2.24, 2.45) is 0 Å². The Kier molecular flexibility index (Phi) is 4.23. The highest BCUT2D eigenvalue weighted by molar-refractivity contribution is 9.10. The van der Waals surface area contributed by atoms with Gasteiger partial charge in [-0.25, -0.2) is 9.18 Å². The van der Waals surface area contributed by atoms with E-state index in [-0.39, 0.29) is 27.0 Å². The molecule has 0 aromatic heterocycles. The van der Waals surface area contributed by atoms with Gasteiger partial charge in [-0.2, -0.15) is 0 Å². The normalized spacial score (nSPS) is 10.2. The Bertz CT molecular complexity index is 713. The second kappa shape index (κ2) is 5.92. The summed E-state index contributed by atoms with van der Waals surface area (Å²) in [7, 11) is 0. The number of halogens is 2. The highest BCUT2D eigenvalue weighted by Crippen LogP contribution is 2.27. The Labute approximate surface area is 127 Å². The number of hydrogen-bond acceptors (Lipinski definition) is 3. The van der Waals surface area contributed by atoms with Gasteiger partial charge in [-0.1, -0.05) is 6.07 Å². The van der Waals surface area contributed by atoms with Gasteiger partial charge >= 0.3 is 5.97 Å². The molecule has 0 unspecified atom stereocenters. The van der Waals surface area contributed by atoms with Crippen LogP contribution < -0.4 is 5.32 Å². The van der Waals surface area contributed by atoms with Gasteiger partial charge in [0.15, 0.2) is 0 Å². The summed E-state index contributed by atoms with van der Waals surface area (Å²) in [6.07, 6.45) is 0. The number of aromatic carboxylic acids is 1. The molecule has 2 aromatic carbocycles. The number of amides is 1. The Morgan fingerprint density at radius 2 is 1.90 bits per heavy atom. The molecular formula is C14H9BrFNO4. The lowest BCUT2D eigenvalue weighted by Crippen LogP contribution is -2.15. The Morgan fingerprint density at radius 3 is 2.52 bits per heavy atom. The van der Waals surface area contributed by atoms with Crippen molar-refractivity contribution in [3.63, 3.8) is 0 Å². The van der Waals surface area contributed by atoms with Gasteiger partial charge < -0.3 is 15.5 Å². The number of phenolic OH excluding ortho intramolecular Hbond substituents is 1. The van der Waals surface area contributed by atoms with Crippen molar-refractivity contribution in [1.82, 2.24) is 0 Å². The van der Waals surface area contributed by atoms with Crippen LogP contribution in [0.25, 0.3) is 0 Å². The maximum Gasteiger partial charge on any atom is 0.335 e. The zero-order valence-electron chi connectivity index (χ0n) is 10.4. The number of aromatic hydroxyl groups is 1. The standard InChI is InChI=1S/C14H9BrFNO4/c15-8-2-1-3-9(16)12(8)13(19)17-10-6-7(14(20)21)4-5-11(10)18/h1-6,18H,(H,17,19)(H,20,21). The molecule has 1 amide bonds. The third-order valence-corrected chi connectivity index (χ3v) is 3.34. The van der Waals surface area contributed by atoms with Crippen LogP contribution in [0, 0.1) is 5.82 Å². The second-order valence-corrected chi connectivity index (χ2v) is 4.94. The van der Waals surface area contributed by atoms with Gasteiger partial charge in [-0.3, -0.25) is 4.79 Å². The first-order valence-electron chi connectivity index (χ1n) is 5.72. The molecule has 5 nitrogen and oxygen atoms in total. The number of rotatable bonds is 3. The number of carboxylic acids is 1. The fraction of sp³-hybridized carbons (Fsp3) is 0. The van der Waals surface area contributed by atoms with Crippen LogP contribution in [0.2, 0.25) is 0 Å². The zero-order chi connectivity index (χ0) is 15.6. The molecule has 0 radical (unpaired) electrons. The molecule has 21 heavy (non-hydrogen) atoms. The number of benzene rings is 2. The summed E-state index contributed by atoms with van der Waals surface area (Å²) in [5, 5.41) is 20.8. The lowest BCUT2D eigenvalue weighted by molar-refractivity contribution is 0.0696. The summed E-state index contributed by atoms with van der Waals surface area (Å²) >= 11 is 3.06. The molecule has 2 aromatic rings. The third-order valence-electron chi connectivity index (χ3n) is 2.68. The average Bonchev–Trinajstić information content (AvgIpc) is 2.40. The average molecular weight is 354 g/mol. The number of nitrogens with one attached hydrogen (secondary N) is 1. The smallest absolute Gasteiger partial charge is 0.335 e. The summed E-state index contributed by atoms with van der Waals surface area (Å²) in [6.45, 7) is 0.